The highest BCUT2D eigenvalue weighted by molar-refractivity contribution is 5.98. The summed E-state index contributed by atoms with van der Waals surface area (Å²) in [5.41, 5.74) is 1.50. The Morgan fingerprint density at radius 3 is 2.70 bits per heavy atom. The van der Waals surface area contributed by atoms with Crippen LogP contribution >= 0.6 is 0 Å². The van der Waals surface area contributed by atoms with Crippen molar-refractivity contribution in [2.24, 2.45) is 0 Å². The third-order valence-electron chi connectivity index (χ3n) is 4.11. The molecule has 0 spiro atoms. The summed E-state index contributed by atoms with van der Waals surface area (Å²) in [6, 6.07) is 9.91. The molecule has 3 nitrogen and oxygen atoms in total. The van der Waals surface area contributed by atoms with Crippen LogP contribution in [0.2, 0.25) is 0 Å². The average Bonchev–Trinajstić information content (AvgIpc) is 3.02. The Balaban J connectivity index is 1.90. The Labute approximate surface area is 132 Å². The van der Waals surface area contributed by atoms with Gasteiger partial charge in [-0.15, -0.1) is 0 Å². The van der Waals surface area contributed by atoms with E-state index in [1.165, 1.54) is 4.90 Å². The number of fused-ring (bicyclic) bond motifs is 1. The van der Waals surface area contributed by atoms with E-state index in [0.29, 0.717) is 5.56 Å². The molecule has 1 atom stereocenters. The number of rotatable bonds is 3. The lowest BCUT2D eigenvalue weighted by Gasteiger charge is -2.26. The average molecular weight is 314 g/mol. The second kappa shape index (κ2) is 5.83. The molecule has 0 aliphatic carbocycles. The first-order valence-electron chi connectivity index (χ1n) is 7.26. The molecule has 1 N–H and O–H groups in total. The van der Waals surface area contributed by atoms with E-state index >= 15 is 0 Å². The van der Waals surface area contributed by atoms with Crippen molar-refractivity contribution in [3.63, 3.8) is 0 Å². The van der Waals surface area contributed by atoms with Gasteiger partial charge < -0.3 is 9.88 Å². The van der Waals surface area contributed by atoms with Crippen molar-refractivity contribution in [2.75, 3.05) is 7.05 Å². The fourth-order valence-corrected chi connectivity index (χ4v) is 2.60. The second-order valence-corrected chi connectivity index (χ2v) is 5.54. The zero-order valence-electron chi connectivity index (χ0n) is 12.8. The lowest BCUT2D eigenvalue weighted by Crippen LogP contribution is -2.30. The summed E-state index contributed by atoms with van der Waals surface area (Å²) < 4.78 is 27.3. The summed E-state index contributed by atoms with van der Waals surface area (Å²) in [6.07, 6.45) is 1.80. The maximum atomic E-state index is 13.9. The molecule has 1 amide bonds. The Morgan fingerprint density at radius 1 is 1.13 bits per heavy atom. The van der Waals surface area contributed by atoms with Crippen LogP contribution in [0.4, 0.5) is 8.78 Å². The fourth-order valence-electron chi connectivity index (χ4n) is 2.60. The van der Waals surface area contributed by atoms with E-state index in [1.807, 2.05) is 12.1 Å². The van der Waals surface area contributed by atoms with Gasteiger partial charge in [-0.2, -0.15) is 0 Å². The van der Waals surface area contributed by atoms with Gasteiger partial charge in [-0.3, -0.25) is 4.79 Å². The Kier molecular flexibility index (Phi) is 3.86. The van der Waals surface area contributed by atoms with Crippen LogP contribution in [0.15, 0.2) is 48.7 Å². The maximum Gasteiger partial charge on any atom is 0.254 e. The highest BCUT2D eigenvalue weighted by Gasteiger charge is 2.22. The van der Waals surface area contributed by atoms with Gasteiger partial charge in [0.15, 0.2) is 0 Å². The van der Waals surface area contributed by atoms with Crippen LogP contribution in [0, 0.1) is 11.6 Å². The minimum atomic E-state index is -0.586. The summed E-state index contributed by atoms with van der Waals surface area (Å²) in [6.45, 7) is 1.67. The smallest absolute Gasteiger partial charge is 0.254 e. The number of hydrogen-bond donors (Lipinski definition) is 1. The summed E-state index contributed by atoms with van der Waals surface area (Å²) >= 11 is 0. The number of aromatic amines is 1. The molecule has 23 heavy (non-hydrogen) atoms. The van der Waals surface area contributed by atoms with E-state index in [4.69, 9.17) is 0 Å². The quantitative estimate of drug-likeness (QED) is 0.769. The molecule has 0 aliphatic rings. The molecule has 3 aromatic rings. The van der Waals surface area contributed by atoms with Gasteiger partial charge in [-0.1, -0.05) is 6.07 Å². The zero-order chi connectivity index (χ0) is 16.6. The van der Waals surface area contributed by atoms with Gasteiger partial charge in [0.1, 0.15) is 11.6 Å². The summed E-state index contributed by atoms with van der Waals surface area (Å²) in [7, 11) is 1.58. The second-order valence-electron chi connectivity index (χ2n) is 5.54. The van der Waals surface area contributed by atoms with Gasteiger partial charge in [-0.05, 0) is 48.7 Å². The van der Waals surface area contributed by atoms with E-state index in [1.54, 1.807) is 32.3 Å². The summed E-state index contributed by atoms with van der Waals surface area (Å²) in [5.74, 6) is -1.31. The SMILES string of the molecule is CC(c1cc(F)ccc1F)N(C)C(=O)c1ccc2cc[nH]c2c1. The lowest BCUT2D eigenvalue weighted by molar-refractivity contribution is 0.0740. The molecule has 1 unspecified atom stereocenters. The maximum absolute atomic E-state index is 13.9. The predicted molar refractivity (Wildman–Crippen MR) is 85.2 cm³/mol. The number of carbonyl (C=O) groups is 1. The Hall–Kier alpha value is -2.69. The van der Waals surface area contributed by atoms with Crippen molar-refractivity contribution in [3.05, 3.63) is 71.4 Å². The van der Waals surface area contributed by atoms with Crippen LogP contribution in [0.1, 0.15) is 28.9 Å². The molecule has 5 heteroatoms. The van der Waals surface area contributed by atoms with Crippen LogP contribution in [0.3, 0.4) is 0 Å². The highest BCUT2D eigenvalue weighted by atomic mass is 19.1. The molecule has 0 bridgehead atoms. The number of nitrogens with zero attached hydrogens (tertiary/aromatic N) is 1. The lowest BCUT2D eigenvalue weighted by atomic mass is 10.0. The van der Waals surface area contributed by atoms with Crippen molar-refractivity contribution in [2.45, 2.75) is 13.0 Å². The molecule has 1 heterocycles. The first kappa shape index (κ1) is 15.2. The normalized spacial score (nSPS) is 12.3. The minimum absolute atomic E-state index is 0.154. The van der Waals surface area contributed by atoms with Crippen LogP contribution in [-0.4, -0.2) is 22.8 Å². The molecule has 1 aromatic heterocycles. The van der Waals surface area contributed by atoms with E-state index < -0.39 is 17.7 Å². The van der Waals surface area contributed by atoms with Crippen molar-refractivity contribution < 1.29 is 13.6 Å². The number of halogens is 2. The summed E-state index contributed by atoms with van der Waals surface area (Å²) in [4.78, 5) is 17.1. The van der Waals surface area contributed by atoms with Gasteiger partial charge in [-0.25, -0.2) is 8.78 Å². The van der Waals surface area contributed by atoms with Crippen LogP contribution in [0.25, 0.3) is 10.9 Å². The number of benzene rings is 2. The van der Waals surface area contributed by atoms with Crippen LogP contribution in [0.5, 0.6) is 0 Å². The largest absolute Gasteiger partial charge is 0.361 e. The Bertz CT molecular complexity index is 872. The van der Waals surface area contributed by atoms with Gasteiger partial charge in [0.25, 0.3) is 5.91 Å². The van der Waals surface area contributed by atoms with Crippen LogP contribution < -0.4 is 0 Å². The number of amides is 1. The van der Waals surface area contributed by atoms with Gasteiger partial charge >= 0.3 is 0 Å². The number of H-pyrrole nitrogens is 1. The standard InChI is InChI=1S/C18H16F2N2O/c1-11(15-10-14(19)5-6-16(15)20)22(2)18(23)13-4-3-12-7-8-21-17(12)9-13/h3-11,21H,1-2H3. The number of aromatic nitrogens is 1. The molecule has 3 rings (SSSR count). The molecule has 0 saturated carbocycles. The van der Waals surface area contributed by atoms with Gasteiger partial charge in [0.05, 0.1) is 6.04 Å². The first-order valence-corrected chi connectivity index (χ1v) is 7.26. The predicted octanol–water partition coefficient (Wildman–Crippen LogP) is 4.28. The van der Waals surface area contributed by atoms with Crippen LogP contribution in [-0.2, 0) is 0 Å². The third kappa shape index (κ3) is 2.82. The van der Waals surface area contributed by atoms with Gasteiger partial charge in [0.2, 0.25) is 0 Å². The number of carbonyl (C=O) groups excluding carboxylic acids is 1. The molecule has 0 aliphatic heterocycles. The molecule has 0 saturated heterocycles. The zero-order valence-corrected chi connectivity index (χ0v) is 12.8. The van der Waals surface area contributed by atoms with Crippen molar-refractivity contribution in [3.8, 4) is 0 Å². The van der Waals surface area contributed by atoms with Crippen molar-refractivity contribution in [1.82, 2.24) is 9.88 Å². The monoisotopic (exact) mass is 314 g/mol. The molecular weight excluding hydrogens is 298 g/mol. The van der Waals surface area contributed by atoms with E-state index in [9.17, 15) is 13.6 Å². The Morgan fingerprint density at radius 2 is 1.91 bits per heavy atom. The minimum Gasteiger partial charge on any atom is -0.361 e. The van der Waals surface area contributed by atoms with E-state index in [-0.39, 0.29) is 11.5 Å². The topological polar surface area (TPSA) is 36.1 Å². The van der Waals surface area contributed by atoms with Crippen molar-refractivity contribution in [1.29, 1.82) is 0 Å². The molecular formula is C18H16F2N2O. The van der Waals surface area contributed by atoms with Gasteiger partial charge in [0, 0.05) is 29.9 Å². The third-order valence-corrected chi connectivity index (χ3v) is 4.11. The molecule has 0 fully saturated rings. The highest BCUT2D eigenvalue weighted by Crippen LogP contribution is 2.25. The first-order chi connectivity index (χ1) is 11.0. The number of nitrogens with one attached hydrogen (secondary N) is 1. The molecule has 118 valence electrons. The van der Waals surface area contributed by atoms with E-state index in [2.05, 4.69) is 4.98 Å². The van der Waals surface area contributed by atoms with Crippen molar-refractivity contribution >= 4 is 16.8 Å². The fraction of sp³-hybridized carbons (Fsp3) is 0.167. The molecule has 2 aromatic carbocycles. The number of hydrogen-bond acceptors (Lipinski definition) is 1. The summed E-state index contributed by atoms with van der Waals surface area (Å²) in [5, 5.41) is 1.01. The molecule has 0 radical (unpaired) electrons. The van der Waals surface area contributed by atoms with E-state index in [0.717, 1.165) is 29.1 Å².